The zero-order valence-corrected chi connectivity index (χ0v) is 18.6. The van der Waals surface area contributed by atoms with E-state index in [9.17, 15) is 22.4 Å². The highest BCUT2D eigenvalue weighted by molar-refractivity contribution is 7.92. The normalized spacial score (nSPS) is 11.5. The molecule has 11 heteroatoms. The third kappa shape index (κ3) is 4.12. The van der Waals surface area contributed by atoms with E-state index < -0.39 is 27.4 Å². The zero-order valence-electron chi connectivity index (χ0n) is 16.9. The maximum absolute atomic E-state index is 14.9. The van der Waals surface area contributed by atoms with Gasteiger partial charge in [-0.15, -0.1) is 11.3 Å². The average Bonchev–Trinajstić information content (AvgIpc) is 3.16. The van der Waals surface area contributed by atoms with Crippen LogP contribution in [0.4, 0.5) is 14.9 Å². The number of fused-ring (bicyclic) bond motifs is 1. The van der Waals surface area contributed by atoms with E-state index in [-0.39, 0.29) is 15.6 Å². The Morgan fingerprint density at radius 3 is 2.53 bits per heavy atom. The first-order chi connectivity index (χ1) is 15.2. The maximum atomic E-state index is 14.9. The smallest absolute Gasteiger partial charge is 0.307 e. The molecule has 164 valence electrons. The van der Waals surface area contributed by atoms with Crippen molar-refractivity contribution in [3.05, 3.63) is 81.5 Å². The first kappa shape index (κ1) is 21.7. The summed E-state index contributed by atoms with van der Waals surface area (Å²) < 4.78 is 42.4. The van der Waals surface area contributed by atoms with Gasteiger partial charge in [0.1, 0.15) is 15.9 Å². The summed E-state index contributed by atoms with van der Waals surface area (Å²) in [6, 6.07) is 12.4. The van der Waals surface area contributed by atoms with Crippen molar-refractivity contribution in [2.75, 3.05) is 5.32 Å². The van der Waals surface area contributed by atoms with Crippen molar-refractivity contribution < 1.29 is 17.6 Å². The molecule has 0 aliphatic heterocycles. The molecule has 0 aliphatic rings. The first-order valence-corrected chi connectivity index (χ1v) is 11.6. The van der Waals surface area contributed by atoms with E-state index in [4.69, 9.17) is 0 Å². The van der Waals surface area contributed by atoms with E-state index in [1.807, 2.05) is 4.72 Å². The van der Waals surface area contributed by atoms with E-state index in [1.165, 1.54) is 18.2 Å². The Hall–Kier alpha value is -3.57. The number of carbonyl (C=O) groups is 1. The van der Waals surface area contributed by atoms with Gasteiger partial charge in [-0.1, -0.05) is 12.1 Å². The van der Waals surface area contributed by atoms with Gasteiger partial charge in [0.15, 0.2) is 0 Å². The number of para-hydroxylation sites is 1. The van der Waals surface area contributed by atoms with Crippen molar-refractivity contribution in [3.8, 4) is 5.69 Å². The van der Waals surface area contributed by atoms with Gasteiger partial charge in [-0.2, -0.15) is 0 Å². The van der Waals surface area contributed by atoms with Gasteiger partial charge in [-0.25, -0.2) is 27.3 Å². The Balaban J connectivity index is 1.60. The van der Waals surface area contributed by atoms with Gasteiger partial charge in [0.25, 0.3) is 15.6 Å². The summed E-state index contributed by atoms with van der Waals surface area (Å²) in [4.78, 5) is 30.1. The minimum absolute atomic E-state index is 0.00895. The van der Waals surface area contributed by atoms with E-state index >= 15 is 0 Å². The number of amides is 2. The van der Waals surface area contributed by atoms with Gasteiger partial charge >= 0.3 is 6.03 Å². The summed E-state index contributed by atoms with van der Waals surface area (Å²) in [5.74, 6) is -0.495. The molecule has 0 bridgehead atoms. The molecule has 0 unspecified atom stereocenters. The number of benzene rings is 2. The number of nitrogens with one attached hydrogen (secondary N) is 2. The van der Waals surface area contributed by atoms with Crippen molar-refractivity contribution in [1.82, 2.24) is 14.3 Å². The maximum Gasteiger partial charge on any atom is 0.333 e. The summed E-state index contributed by atoms with van der Waals surface area (Å²) in [7, 11) is -4.04. The van der Waals surface area contributed by atoms with Crippen LogP contribution in [0.5, 0.6) is 0 Å². The SMILES string of the molecule is Cc1ccc(S(=O)(=O)NC(=O)Nc2ccc(-n3c(C)nc4ccccc4c3=O)c(F)c2)s1. The second-order valence-electron chi connectivity index (χ2n) is 6.91. The molecule has 0 saturated heterocycles. The van der Waals surface area contributed by atoms with Crippen LogP contribution in [0.25, 0.3) is 16.6 Å². The van der Waals surface area contributed by atoms with Crippen LogP contribution in [-0.4, -0.2) is 24.0 Å². The molecular weight excluding hydrogens is 455 g/mol. The Morgan fingerprint density at radius 1 is 1.09 bits per heavy atom. The van der Waals surface area contributed by atoms with Gasteiger partial charge in [0.05, 0.1) is 16.6 Å². The minimum atomic E-state index is -4.04. The highest BCUT2D eigenvalue weighted by Gasteiger charge is 2.20. The first-order valence-electron chi connectivity index (χ1n) is 9.34. The molecule has 2 aromatic carbocycles. The molecule has 0 atom stereocenters. The number of nitrogens with zero attached hydrogens (tertiary/aromatic N) is 2. The number of aryl methyl sites for hydroxylation is 2. The Bertz CT molecular complexity index is 1530. The molecule has 4 rings (SSSR count). The van der Waals surface area contributed by atoms with Crippen LogP contribution in [0.15, 0.2) is 63.6 Å². The van der Waals surface area contributed by atoms with Crippen LogP contribution in [0, 0.1) is 19.7 Å². The van der Waals surface area contributed by atoms with Crippen LogP contribution in [0.2, 0.25) is 0 Å². The molecule has 4 aromatic rings. The lowest BCUT2D eigenvalue weighted by Gasteiger charge is -2.13. The fourth-order valence-corrected chi connectivity index (χ4v) is 5.37. The fourth-order valence-electron chi connectivity index (χ4n) is 3.18. The number of hydrogen-bond acceptors (Lipinski definition) is 6. The van der Waals surface area contributed by atoms with Crippen molar-refractivity contribution in [2.45, 2.75) is 18.1 Å². The van der Waals surface area contributed by atoms with Gasteiger partial charge in [-0.05, 0) is 56.3 Å². The summed E-state index contributed by atoms with van der Waals surface area (Å²) in [5, 5.41) is 2.63. The zero-order chi connectivity index (χ0) is 23.0. The molecule has 0 aliphatic carbocycles. The van der Waals surface area contributed by atoms with E-state index in [0.29, 0.717) is 16.7 Å². The predicted octanol–water partition coefficient (Wildman–Crippen LogP) is 3.71. The molecule has 2 amide bonds. The van der Waals surface area contributed by atoms with E-state index in [2.05, 4.69) is 10.3 Å². The monoisotopic (exact) mass is 472 g/mol. The number of hydrogen-bond donors (Lipinski definition) is 2. The van der Waals surface area contributed by atoms with Crippen molar-refractivity contribution in [2.24, 2.45) is 0 Å². The van der Waals surface area contributed by atoms with E-state index in [0.717, 1.165) is 26.8 Å². The fraction of sp³-hybridized carbons (Fsp3) is 0.0952. The van der Waals surface area contributed by atoms with Gasteiger partial charge < -0.3 is 5.32 Å². The molecule has 0 saturated carbocycles. The third-order valence-corrected chi connectivity index (χ3v) is 7.42. The largest absolute Gasteiger partial charge is 0.333 e. The Morgan fingerprint density at radius 2 is 1.84 bits per heavy atom. The number of urea groups is 1. The summed E-state index contributed by atoms with van der Waals surface area (Å²) in [6.07, 6.45) is 0. The number of sulfonamides is 1. The van der Waals surface area contributed by atoms with Crippen molar-refractivity contribution in [1.29, 1.82) is 0 Å². The highest BCUT2D eigenvalue weighted by atomic mass is 32.2. The lowest BCUT2D eigenvalue weighted by atomic mass is 10.2. The lowest BCUT2D eigenvalue weighted by molar-refractivity contribution is 0.256. The molecule has 0 fully saturated rings. The number of carbonyl (C=O) groups excluding carboxylic acids is 1. The summed E-state index contributed by atoms with van der Waals surface area (Å²) in [6.45, 7) is 3.33. The van der Waals surface area contributed by atoms with Crippen LogP contribution >= 0.6 is 11.3 Å². The molecule has 32 heavy (non-hydrogen) atoms. The lowest BCUT2D eigenvalue weighted by Crippen LogP contribution is -2.34. The molecule has 2 N–H and O–H groups in total. The number of thiophene rings is 1. The third-order valence-electron chi connectivity index (χ3n) is 4.60. The minimum Gasteiger partial charge on any atom is -0.307 e. The van der Waals surface area contributed by atoms with Crippen molar-refractivity contribution in [3.63, 3.8) is 0 Å². The second kappa shape index (κ2) is 8.17. The summed E-state index contributed by atoms with van der Waals surface area (Å²) >= 11 is 1.02. The topological polar surface area (TPSA) is 110 Å². The van der Waals surface area contributed by atoms with Crippen LogP contribution < -0.4 is 15.6 Å². The van der Waals surface area contributed by atoms with Crippen LogP contribution in [0.1, 0.15) is 10.7 Å². The van der Waals surface area contributed by atoms with Gasteiger partial charge in [0.2, 0.25) is 0 Å². The summed E-state index contributed by atoms with van der Waals surface area (Å²) in [5.41, 5.74) is 0.0469. The molecular formula is C21H17FN4O4S2. The molecule has 0 spiro atoms. The van der Waals surface area contributed by atoms with Crippen LogP contribution in [0.3, 0.4) is 0 Å². The highest BCUT2D eigenvalue weighted by Crippen LogP contribution is 2.22. The number of aromatic nitrogens is 2. The second-order valence-corrected chi connectivity index (χ2v) is 10.1. The standard InChI is InChI=1S/C21H17FN4O4S2/c1-12-7-10-19(31-12)32(29,30)25-21(28)24-14-8-9-18(16(22)11-14)26-13(2)23-17-6-4-3-5-15(17)20(26)27/h3-11H,1-2H3,(H2,24,25,28). The number of anilines is 1. The Labute approximate surface area is 186 Å². The van der Waals surface area contributed by atoms with Crippen LogP contribution in [-0.2, 0) is 10.0 Å². The Kier molecular flexibility index (Phi) is 5.53. The molecule has 8 nitrogen and oxygen atoms in total. The molecule has 0 radical (unpaired) electrons. The molecule has 2 aromatic heterocycles. The number of halogens is 1. The quantitative estimate of drug-likeness (QED) is 0.471. The predicted molar refractivity (Wildman–Crippen MR) is 120 cm³/mol. The van der Waals surface area contributed by atoms with Crippen molar-refractivity contribution >= 4 is 44.0 Å². The van der Waals surface area contributed by atoms with Gasteiger partial charge in [-0.3, -0.25) is 9.36 Å². The molecule has 2 heterocycles. The van der Waals surface area contributed by atoms with E-state index in [1.54, 1.807) is 44.2 Å². The van der Waals surface area contributed by atoms with Gasteiger partial charge in [0, 0.05) is 10.6 Å². The number of rotatable bonds is 4. The average molecular weight is 473 g/mol.